The fourth-order valence-corrected chi connectivity index (χ4v) is 2.23. The minimum atomic E-state index is -1.18. The van der Waals surface area contributed by atoms with Crippen LogP contribution < -0.4 is 5.32 Å². The topological polar surface area (TPSA) is 44.7 Å². The van der Waals surface area contributed by atoms with Crippen LogP contribution in [0.5, 0.6) is 0 Å². The van der Waals surface area contributed by atoms with Crippen molar-refractivity contribution < 1.29 is 18.6 Å². The molecule has 0 spiro atoms. The van der Waals surface area contributed by atoms with Crippen LogP contribution in [-0.2, 0) is 4.74 Å². The van der Waals surface area contributed by atoms with E-state index in [1.165, 1.54) is 6.07 Å². The summed E-state index contributed by atoms with van der Waals surface area (Å²) in [4.78, 5) is 2.24. The van der Waals surface area contributed by atoms with Gasteiger partial charge in [-0.25, -0.2) is 8.78 Å². The highest BCUT2D eigenvalue weighted by Gasteiger charge is 2.17. The standard InChI is InChI=1S/C14H20F2N2O2/c15-11-2-1-3-12(16)14(11)13(19)10-17-4-5-18-6-8-20-9-7-18/h1-3,13,17,19H,4-10H2. The predicted molar refractivity (Wildman–Crippen MR) is 71.4 cm³/mol. The summed E-state index contributed by atoms with van der Waals surface area (Å²) < 4.78 is 32.1. The maximum atomic E-state index is 13.5. The molecule has 0 radical (unpaired) electrons. The van der Waals surface area contributed by atoms with Crippen molar-refractivity contribution >= 4 is 0 Å². The molecule has 1 fully saturated rings. The molecule has 0 saturated carbocycles. The van der Waals surface area contributed by atoms with Crippen molar-refractivity contribution in [1.82, 2.24) is 10.2 Å². The fourth-order valence-electron chi connectivity index (χ4n) is 2.23. The van der Waals surface area contributed by atoms with Gasteiger partial charge in [0.05, 0.1) is 24.9 Å². The molecule has 2 rings (SSSR count). The summed E-state index contributed by atoms with van der Waals surface area (Å²) in [6.07, 6.45) is -1.18. The van der Waals surface area contributed by atoms with Crippen LogP contribution in [-0.4, -0.2) is 55.9 Å². The molecule has 0 aromatic heterocycles. The van der Waals surface area contributed by atoms with Gasteiger partial charge < -0.3 is 15.2 Å². The van der Waals surface area contributed by atoms with Crippen LogP contribution in [0.1, 0.15) is 11.7 Å². The highest BCUT2D eigenvalue weighted by molar-refractivity contribution is 5.22. The smallest absolute Gasteiger partial charge is 0.131 e. The minimum Gasteiger partial charge on any atom is -0.387 e. The van der Waals surface area contributed by atoms with E-state index in [9.17, 15) is 13.9 Å². The van der Waals surface area contributed by atoms with Gasteiger partial charge in [-0.1, -0.05) is 6.07 Å². The molecule has 1 heterocycles. The summed E-state index contributed by atoms with van der Waals surface area (Å²) in [6.45, 7) is 4.88. The van der Waals surface area contributed by atoms with Gasteiger partial charge in [-0.3, -0.25) is 4.90 Å². The Bertz CT molecular complexity index is 405. The maximum absolute atomic E-state index is 13.5. The second-order valence-corrected chi connectivity index (χ2v) is 4.81. The monoisotopic (exact) mass is 286 g/mol. The van der Waals surface area contributed by atoms with Crippen molar-refractivity contribution in [1.29, 1.82) is 0 Å². The van der Waals surface area contributed by atoms with Crippen LogP contribution in [0.3, 0.4) is 0 Å². The lowest BCUT2D eigenvalue weighted by atomic mass is 10.1. The molecule has 1 unspecified atom stereocenters. The van der Waals surface area contributed by atoms with E-state index in [1.54, 1.807) is 0 Å². The number of aliphatic hydroxyl groups excluding tert-OH is 1. The number of aliphatic hydroxyl groups is 1. The van der Waals surface area contributed by atoms with Gasteiger partial charge in [-0.05, 0) is 12.1 Å². The SMILES string of the molecule is OC(CNCCN1CCOCC1)c1c(F)cccc1F. The third-order valence-corrected chi connectivity index (χ3v) is 3.38. The second-order valence-electron chi connectivity index (χ2n) is 4.81. The van der Waals surface area contributed by atoms with Crippen LogP contribution in [0, 0.1) is 11.6 Å². The molecule has 1 saturated heterocycles. The van der Waals surface area contributed by atoms with Gasteiger partial charge >= 0.3 is 0 Å². The van der Waals surface area contributed by atoms with Crippen molar-refractivity contribution in [2.24, 2.45) is 0 Å². The van der Waals surface area contributed by atoms with Crippen molar-refractivity contribution in [2.75, 3.05) is 45.9 Å². The summed E-state index contributed by atoms with van der Waals surface area (Å²) in [5, 5.41) is 12.9. The van der Waals surface area contributed by atoms with Gasteiger partial charge in [0, 0.05) is 32.7 Å². The molecule has 1 aliphatic rings. The minimum absolute atomic E-state index is 0.127. The summed E-state index contributed by atoms with van der Waals surface area (Å²) in [5.74, 6) is -1.43. The average molecular weight is 286 g/mol. The highest BCUT2D eigenvalue weighted by atomic mass is 19.1. The average Bonchev–Trinajstić information content (AvgIpc) is 2.44. The molecule has 112 valence electrons. The molecule has 1 aromatic rings. The van der Waals surface area contributed by atoms with E-state index in [-0.39, 0.29) is 12.1 Å². The lowest BCUT2D eigenvalue weighted by Crippen LogP contribution is -2.40. The lowest BCUT2D eigenvalue weighted by molar-refractivity contribution is 0.0380. The predicted octanol–water partition coefficient (Wildman–Crippen LogP) is 0.920. The molecule has 2 N–H and O–H groups in total. The molecule has 1 atom stereocenters. The van der Waals surface area contributed by atoms with Crippen molar-refractivity contribution in [2.45, 2.75) is 6.10 Å². The van der Waals surface area contributed by atoms with E-state index in [1.807, 2.05) is 0 Å². The zero-order chi connectivity index (χ0) is 14.4. The zero-order valence-corrected chi connectivity index (χ0v) is 11.3. The van der Waals surface area contributed by atoms with Gasteiger partial charge in [0.25, 0.3) is 0 Å². The van der Waals surface area contributed by atoms with Gasteiger partial charge in [-0.2, -0.15) is 0 Å². The molecule has 1 aromatic carbocycles. The molecule has 1 aliphatic heterocycles. The van der Waals surface area contributed by atoms with Crippen molar-refractivity contribution in [3.63, 3.8) is 0 Å². The third kappa shape index (κ3) is 4.21. The summed E-state index contributed by atoms with van der Waals surface area (Å²) in [5.41, 5.74) is -0.272. The molecule has 20 heavy (non-hydrogen) atoms. The molecule has 6 heteroatoms. The quantitative estimate of drug-likeness (QED) is 0.763. The number of hydrogen-bond donors (Lipinski definition) is 2. The van der Waals surface area contributed by atoms with Crippen LogP contribution in [0.2, 0.25) is 0 Å². The normalized spacial score (nSPS) is 18.1. The number of morpholine rings is 1. The second kappa shape index (κ2) is 7.64. The molecule has 4 nitrogen and oxygen atoms in total. The van der Waals surface area contributed by atoms with Gasteiger partial charge in [0.15, 0.2) is 0 Å². The molecule has 0 bridgehead atoms. The van der Waals surface area contributed by atoms with Gasteiger partial charge in [0.1, 0.15) is 11.6 Å². The number of halogens is 2. The van der Waals surface area contributed by atoms with Gasteiger partial charge in [-0.15, -0.1) is 0 Å². The Hall–Kier alpha value is -1.08. The number of nitrogens with one attached hydrogen (secondary N) is 1. The Morgan fingerprint density at radius 3 is 2.55 bits per heavy atom. The Labute approximate surface area is 117 Å². The first-order valence-electron chi connectivity index (χ1n) is 6.81. The van der Waals surface area contributed by atoms with Crippen LogP contribution in [0.25, 0.3) is 0 Å². The number of ether oxygens (including phenoxy) is 1. The van der Waals surface area contributed by atoms with Gasteiger partial charge in [0.2, 0.25) is 0 Å². The number of benzene rings is 1. The summed E-state index contributed by atoms with van der Waals surface area (Å²) >= 11 is 0. The largest absolute Gasteiger partial charge is 0.387 e. The molecule has 0 amide bonds. The number of nitrogens with zero attached hydrogens (tertiary/aromatic N) is 1. The highest BCUT2D eigenvalue weighted by Crippen LogP contribution is 2.19. The summed E-state index contributed by atoms with van der Waals surface area (Å²) in [7, 11) is 0. The number of rotatable bonds is 6. The maximum Gasteiger partial charge on any atom is 0.131 e. The van der Waals surface area contributed by atoms with Crippen LogP contribution in [0.15, 0.2) is 18.2 Å². The zero-order valence-electron chi connectivity index (χ0n) is 11.3. The van der Waals surface area contributed by atoms with E-state index in [0.29, 0.717) is 6.54 Å². The first-order chi connectivity index (χ1) is 9.68. The Balaban J connectivity index is 1.73. The van der Waals surface area contributed by atoms with Crippen LogP contribution in [0.4, 0.5) is 8.78 Å². The third-order valence-electron chi connectivity index (χ3n) is 3.38. The lowest BCUT2D eigenvalue weighted by Gasteiger charge is -2.26. The molecule has 0 aliphatic carbocycles. The van der Waals surface area contributed by atoms with E-state index >= 15 is 0 Å². The van der Waals surface area contributed by atoms with Crippen LogP contribution >= 0.6 is 0 Å². The van der Waals surface area contributed by atoms with Crippen molar-refractivity contribution in [3.05, 3.63) is 35.4 Å². The van der Waals surface area contributed by atoms with Crippen molar-refractivity contribution in [3.8, 4) is 0 Å². The number of hydrogen-bond acceptors (Lipinski definition) is 4. The Kier molecular flexibility index (Phi) is 5.85. The molecular weight excluding hydrogens is 266 g/mol. The van der Waals surface area contributed by atoms with E-state index in [0.717, 1.165) is 45.0 Å². The fraction of sp³-hybridized carbons (Fsp3) is 0.571. The molecular formula is C14H20F2N2O2. The summed E-state index contributed by atoms with van der Waals surface area (Å²) in [6, 6.07) is 3.58. The Morgan fingerprint density at radius 2 is 1.90 bits per heavy atom. The first-order valence-corrected chi connectivity index (χ1v) is 6.81. The van der Waals surface area contributed by atoms with E-state index < -0.39 is 17.7 Å². The Morgan fingerprint density at radius 1 is 1.25 bits per heavy atom. The van der Waals surface area contributed by atoms with E-state index in [2.05, 4.69) is 10.2 Å². The van der Waals surface area contributed by atoms with E-state index in [4.69, 9.17) is 4.74 Å². The first kappa shape index (κ1) is 15.3.